The average molecular weight is 858 g/mol. The molecule has 0 bridgehead atoms. The molecule has 6 aromatic rings. The fourth-order valence-corrected chi connectivity index (χ4v) is 7.12. The largest absolute Gasteiger partial charge is 0.512 e. The Morgan fingerprint density at radius 1 is 0.863 bits per heavy atom. The number of nitrogens with zero attached hydrogens (tertiary/aromatic N) is 2. The van der Waals surface area contributed by atoms with Crippen molar-refractivity contribution in [3.63, 3.8) is 0 Å². The molecule has 6 heteroatoms. The van der Waals surface area contributed by atoms with Crippen molar-refractivity contribution in [3.8, 4) is 22.9 Å². The molecule has 0 saturated carbocycles. The van der Waals surface area contributed by atoms with Crippen LogP contribution in [-0.2, 0) is 30.3 Å². The standard InChI is InChI=1S/C32H25N2O.C13H24O2.Ir/c1-17-6-7-20-14-26-30-28-23(12-13-33-30)22-11-9-19-8-10-21(32(3,4)5)15-24(19)25(22)16-27(28)35-31(26)34-29(20)18(17)2;1-5-10(6-2)12(14)9-13(15)11(7-3)8-4;/h6-13,15-16H,1-5H3;9-11,14H,5-8H2,1-4H3;/q-1;;/b;12-9-;. The Kier molecular flexibility index (Phi) is 11.4. The van der Waals surface area contributed by atoms with Crippen molar-refractivity contribution < 1.29 is 34.7 Å². The molecule has 0 atom stereocenters. The van der Waals surface area contributed by atoms with E-state index in [-0.39, 0.29) is 48.9 Å². The number of ketones is 1. The minimum absolute atomic E-state index is 0. The fraction of sp³-hybridized carbons (Fsp3) is 0.356. The topological polar surface area (TPSA) is 72.3 Å². The molecule has 3 heterocycles. The van der Waals surface area contributed by atoms with Crippen LogP contribution in [0.5, 0.6) is 11.6 Å². The summed E-state index contributed by atoms with van der Waals surface area (Å²) in [7, 11) is 0. The number of ether oxygens (including phenoxy) is 1. The van der Waals surface area contributed by atoms with Crippen LogP contribution >= 0.6 is 0 Å². The molecule has 0 saturated heterocycles. The summed E-state index contributed by atoms with van der Waals surface area (Å²) in [5.41, 5.74) is 6.40. The van der Waals surface area contributed by atoms with E-state index >= 15 is 0 Å². The number of carbonyl (C=O) groups excluding carboxylic acids is 1. The number of aryl methyl sites for hydroxylation is 2. The van der Waals surface area contributed by atoms with Gasteiger partial charge < -0.3 is 9.84 Å². The van der Waals surface area contributed by atoms with E-state index in [9.17, 15) is 9.90 Å². The van der Waals surface area contributed by atoms with Gasteiger partial charge in [-0.1, -0.05) is 95.3 Å². The summed E-state index contributed by atoms with van der Waals surface area (Å²) >= 11 is 0. The van der Waals surface area contributed by atoms with Crippen molar-refractivity contribution in [2.24, 2.45) is 11.8 Å². The number of rotatable bonds is 7. The van der Waals surface area contributed by atoms with Crippen LogP contribution in [0.1, 0.15) is 90.8 Å². The van der Waals surface area contributed by atoms with Crippen LogP contribution < -0.4 is 4.74 Å². The molecule has 0 unspecified atom stereocenters. The number of hydrogen-bond acceptors (Lipinski definition) is 5. The molecule has 2 aromatic heterocycles. The third kappa shape index (κ3) is 7.19. The molecule has 1 N–H and O–H groups in total. The molecule has 1 aliphatic heterocycles. The summed E-state index contributed by atoms with van der Waals surface area (Å²) < 4.78 is 6.52. The smallest absolute Gasteiger partial charge is 0.162 e. The van der Waals surface area contributed by atoms with Gasteiger partial charge in [0.15, 0.2) is 11.7 Å². The van der Waals surface area contributed by atoms with E-state index in [1.165, 1.54) is 38.7 Å². The number of fused-ring (bicyclic) bond motifs is 7. The van der Waals surface area contributed by atoms with Gasteiger partial charge in [-0.2, -0.15) is 0 Å². The zero-order valence-electron chi connectivity index (χ0n) is 31.3. The Balaban J connectivity index is 0.000000271. The number of benzene rings is 4. The number of pyridine rings is 2. The first-order chi connectivity index (χ1) is 23.9. The maximum absolute atomic E-state index is 11.7. The molecule has 1 radical (unpaired) electrons. The Hall–Kier alpha value is -4.12. The van der Waals surface area contributed by atoms with E-state index in [2.05, 4.69) is 95.3 Å². The van der Waals surface area contributed by atoms with Gasteiger partial charge in [0.05, 0.1) is 5.76 Å². The quantitative estimate of drug-likeness (QED) is 0.0748. The first kappa shape index (κ1) is 38.1. The van der Waals surface area contributed by atoms with Crippen molar-refractivity contribution in [2.75, 3.05) is 0 Å². The van der Waals surface area contributed by atoms with Gasteiger partial charge in [-0.25, -0.2) is 0 Å². The van der Waals surface area contributed by atoms with Crippen LogP contribution in [0.3, 0.4) is 0 Å². The Morgan fingerprint density at radius 2 is 1.55 bits per heavy atom. The van der Waals surface area contributed by atoms with E-state index in [4.69, 9.17) is 14.7 Å². The predicted molar refractivity (Wildman–Crippen MR) is 208 cm³/mol. The maximum atomic E-state index is 11.7. The summed E-state index contributed by atoms with van der Waals surface area (Å²) in [6, 6.07) is 23.3. The van der Waals surface area contributed by atoms with Crippen molar-refractivity contribution >= 4 is 49.0 Å². The van der Waals surface area contributed by atoms with Gasteiger partial charge in [-0.3, -0.25) is 14.8 Å². The second-order valence-corrected chi connectivity index (χ2v) is 14.7. The van der Waals surface area contributed by atoms with Crippen LogP contribution in [0.15, 0.2) is 72.6 Å². The van der Waals surface area contributed by atoms with E-state index in [0.717, 1.165) is 69.9 Å². The Morgan fingerprint density at radius 3 is 2.22 bits per heavy atom. The number of hydrogen-bond donors (Lipinski definition) is 1. The van der Waals surface area contributed by atoms with Crippen molar-refractivity contribution in [3.05, 3.63) is 95.4 Å². The summed E-state index contributed by atoms with van der Waals surface area (Å²) in [6.07, 6.45) is 6.80. The maximum Gasteiger partial charge on any atom is 0.162 e. The van der Waals surface area contributed by atoms with E-state index in [1.54, 1.807) is 0 Å². The zero-order chi connectivity index (χ0) is 35.9. The first-order valence-corrected chi connectivity index (χ1v) is 18.1. The second-order valence-electron chi connectivity index (χ2n) is 14.7. The second kappa shape index (κ2) is 15.2. The third-order valence-electron chi connectivity index (χ3n) is 10.6. The molecule has 267 valence electrons. The van der Waals surface area contributed by atoms with Crippen LogP contribution in [0.4, 0.5) is 0 Å². The fourth-order valence-electron chi connectivity index (χ4n) is 7.12. The Labute approximate surface area is 315 Å². The van der Waals surface area contributed by atoms with Gasteiger partial charge >= 0.3 is 0 Å². The molecule has 4 aromatic carbocycles. The number of aromatic nitrogens is 2. The molecule has 0 fully saturated rings. The minimum Gasteiger partial charge on any atom is -0.512 e. The monoisotopic (exact) mass is 858 g/mol. The van der Waals surface area contributed by atoms with Gasteiger partial charge in [0.25, 0.3) is 0 Å². The summed E-state index contributed by atoms with van der Waals surface area (Å²) in [4.78, 5) is 21.5. The van der Waals surface area contributed by atoms with Crippen LogP contribution in [-0.4, -0.2) is 20.9 Å². The zero-order valence-corrected chi connectivity index (χ0v) is 33.7. The third-order valence-corrected chi connectivity index (χ3v) is 10.6. The number of allylic oxidation sites excluding steroid dienone is 2. The number of aliphatic hydroxyl groups is 1. The van der Waals surface area contributed by atoms with Crippen molar-refractivity contribution in [1.82, 2.24) is 9.97 Å². The van der Waals surface area contributed by atoms with Gasteiger partial charge in [-0.05, 0) is 101 Å². The summed E-state index contributed by atoms with van der Waals surface area (Å²) in [6.45, 7) is 19.1. The van der Waals surface area contributed by atoms with Gasteiger partial charge in [0, 0.05) is 60.8 Å². The van der Waals surface area contributed by atoms with Gasteiger partial charge in [0.2, 0.25) is 0 Å². The van der Waals surface area contributed by atoms with Gasteiger partial charge in [0.1, 0.15) is 5.75 Å². The normalized spacial score (nSPS) is 12.6. The molecule has 5 nitrogen and oxygen atoms in total. The van der Waals surface area contributed by atoms with E-state index in [0.29, 0.717) is 5.88 Å². The predicted octanol–water partition coefficient (Wildman–Crippen LogP) is 12.4. The van der Waals surface area contributed by atoms with E-state index < -0.39 is 0 Å². The number of carbonyl (C=O) groups is 1. The molecule has 51 heavy (non-hydrogen) atoms. The van der Waals surface area contributed by atoms with Crippen LogP contribution in [0.25, 0.3) is 54.5 Å². The molecule has 0 spiro atoms. The van der Waals surface area contributed by atoms with Crippen molar-refractivity contribution in [1.29, 1.82) is 0 Å². The van der Waals surface area contributed by atoms with Crippen LogP contribution in [0, 0.1) is 31.7 Å². The first-order valence-electron chi connectivity index (χ1n) is 18.1. The molecular formula is C45H49IrN2O3-. The molecule has 7 rings (SSSR count). The average Bonchev–Trinajstić information content (AvgIpc) is 3.10. The summed E-state index contributed by atoms with van der Waals surface area (Å²) in [5.74, 6) is 1.93. The summed E-state index contributed by atoms with van der Waals surface area (Å²) in [5, 5.41) is 17.8. The van der Waals surface area contributed by atoms with Crippen LogP contribution in [0.2, 0.25) is 0 Å². The number of aliphatic hydroxyl groups excluding tert-OH is 1. The van der Waals surface area contributed by atoms with Gasteiger partial charge in [-0.15, -0.1) is 12.1 Å². The van der Waals surface area contributed by atoms with E-state index in [1.807, 2.05) is 33.9 Å². The molecule has 0 amide bonds. The molecule has 0 aliphatic carbocycles. The molecular weight excluding hydrogens is 809 g/mol. The Bertz CT molecular complexity index is 2290. The van der Waals surface area contributed by atoms with Crippen molar-refractivity contribution in [2.45, 2.75) is 93.4 Å². The SMILES string of the molecule is CCC(CC)C(=O)/C=C(\O)C(CC)CC.Cc1ccc2[c-]c3c(nc2c1C)Oc1cc2c4cc(C(C)(C)C)ccc4ccc2c2ccnc-3c12.[Ir]. The molecule has 1 aliphatic rings. The minimum atomic E-state index is 0.